The van der Waals surface area contributed by atoms with Crippen LogP contribution in [0.5, 0.6) is 0 Å². The van der Waals surface area contributed by atoms with E-state index in [1.165, 1.54) is 5.56 Å². The van der Waals surface area contributed by atoms with Gasteiger partial charge in [0.2, 0.25) is 11.8 Å². The maximum Gasteiger partial charge on any atom is 0.340 e. The average Bonchev–Trinajstić information content (AvgIpc) is 3.33. The quantitative estimate of drug-likeness (QED) is 0.195. The Hall–Kier alpha value is -4.40. The molecule has 1 unspecified atom stereocenters. The number of carbonyl (C=O) groups is 3. The van der Waals surface area contributed by atoms with Crippen LogP contribution in [0.25, 0.3) is 21.9 Å². The zero-order valence-electron chi connectivity index (χ0n) is 23.3. The summed E-state index contributed by atoms with van der Waals surface area (Å²) in [6.45, 7) is 3.87. The largest absolute Gasteiger partial charge is 0.481 e. The number of aliphatic carboxylic acids is 1. The van der Waals surface area contributed by atoms with Gasteiger partial charge in [-0.3, -0.25) is 14.4 Å². The zero-order valence-corrected chi connectivity index (χ0v) is 23.3. The van der Waals surface area contributed by atoms with E-state index in [4.69, 9.17) is 13.9 Å². The molecule has 0 fully saturated rings. The van der Waals surface area contributed by atoms with Gasteiger partial charge < -0.3 is 24.6 Å². The summed E-state index contributed by atoms with van der Waals surface area (Å²) in [4.78, 5) is 50.1. The van der Waals surface area contributed by atoms with E-state index in [0.29, 0.717) is 11.1 Å². The average molecular weight is 559 g/mol. The van der Waals surface area contributed by atoms with Crippen molar-refractivity contribution in [2.24, 2.45) is 0 Å². The number of aryl methyl sites for hydroxylation is 4. The lowest BCUT2D eigenvalue weighted by atomic mass is 9.93. The van der Waals surface area contributed by atoms with Gasteiger partial charge in [0.15, 0.2) is 0 Å². The Kier molecular flexibility index (Phi) is 8.23. The number of carboxylic acid groups (broad SMARTS) is 1. The van der Waals surface area contributed by atoms with Crippen molar-refractivity contribution >= 4 is 39.7 Å². The highest BCUT2D eigenvalue weighted by Crippen LogP contribution is 2.37. The maximum atomic E-state index is 13.2. The minimum absolute atomic E-state index is 0.0690. The van der Waals surface area contributed by atoms with Crippen LogP contribution in [0.2, 0.25) is 0 Å². The standard InChI is InChI=1S/C32H34N2O7/c1-18-22-16-24-21-11-6-7-12-26(21)40-30(24)19(2)29(22)41-32(39)23(18)17-27(35)34-25(15-20-9-4-3-5-10-20)31(38)33-14-8-13-28(36)37/h3-5,9-10,16,25H,6-8,11-15,17H2,1-2H3,(H,33,38)(H,34,35)(H,36,37). The molecule has 0 bridgehead atoms. The smallest absolute Gasteiger partial charge is 0.340 e. The van der Waals surface area contributed by atoms with E-state index in [9.17, 15) is 19.2 Å². The highest BCUT2D eigenvalue weighted by molar-refractivity contribution is 6.00. The van der Waals surface area contributed by atoms with Crippen LogP contribution in [0, 0.1) is 13.8 Å². The fraction of sp³-hybridized carbons (Fsp3) is 0.375. The normalized spacial score (nSPS) is 13.6. The molecule has 2 heterocycles. The molecular weight excluding hydrogens is 524 g/mol. The number of nitrogens with one attached hydrogen (secondary N) is 2. The third-order valence-corrected chi connectivity index (χ3v) is 7.86. The fourth-order valence-electron chi connectivity index (χ4n) is 5.66. The first-order chi connectivity index (χ1) is 19.7. The predicted molar refractivity (Wildman–Crippen MR) is 154 cm³/mol. The summed E-state index contributed by atoms with van der Waals surface area (Å²) in [5, 5.41) is 16.1. The maximum absolute atomic E-state index is 13.2. The number of carbonyl (C=O) groups excluding carboxylic acids is 2. The van der Waals surface area contributed by atoms with Crippen LogP contribution in [0.1, 0.15) is 59.3 Å². The van der Waals surface area contributed by atoms with E-state index in [-0.39, 0.29) is 37.8 Å². The van der Waals surface area contributed by atoms with E-state index >= 15 is 0 Å². The number of amides is 2. The van der Waals surface area contributed by atoms with Gasteiger partial charge >= 0.3 is 11.6 Å². The molecule has 0 saturated carbocycles. The summed E-state index contributed by atoms with van der Waals surface area (Å²) >= 11 is 0. The van der Waals surface area contributed by atoms with E-state index in [2.05, 4.69) is 10.6 Å². The third kappa shape index (κ3) is 6.04. The molecule has 1 aliphatic rings. The van der Waals surface area contributed by atoms with E-state index in [0.717, 1.165) is 58.9 Å². The van der Waals surface area contributed by atoms with Crippen molar-refractivity contribution in [3.05, 3.63) is 80.4 Å². The van der Waals surface area contributed by atoms with Gasteiger partial charge in [-0.25, -0.2) is 4.79 Å². The van der Waals surface area contributed by atoms with E-state index in [1.807, 2.05) is 50.2 Å². The van der Waals surface area contributed by atoms with Crippen LogP contribution in [-0.4, -0.2) is 35.5 Å². The molecule has 0 aliphatic heterocycles. The molecule has 214 valence electrons. The van der Waals surface area contributed by atoms with E-state index in [1.54, 1.807) is 0 Å². The monoisotopic (exact) mass is 558 g/mol. The second kappa shape index (κ2) is 12.0. The van der Waals surface area contributed by atoms with Gasteiger partial charge in [-0.15, -0.1) is 0 Å². The van der Waals surface area contributed by atoms with Crippen molar-refractivity contribution in [1.29, 1.82) is 0 Å². The molecule has 0 radical (unpaired) electrons. The highest BCUT2D eigenvalue weighted by Gasteiger charge is 2.25. The lowest BCUT2D eigenvalue weighted by Crippen LogP contribution is -2.49. The minimum Gasteiger partial charge on any atom is -0.481 e. The van der Waals surface area contributed by atoms with Gasteiger partial charge in [0.05, 0.1) is 12.0 Å². The molecule has 4 aromatic rings. The Balaban J connectivity index is 1.40. The molecule has 0 spiro atoms. The number of furan rings is 1. The topological polar surface area (TPSA) is 139 Å². The highest BCUT2D eigenvalue weighted by atomic mass is 16.4. The number of hydrogen-bond donors (Lipinski definition) is 3. The zero-order chi connectivity index (χ0) is 29.1. The van der Waals surface area contributed by atoms with Crippen LogP contribution in [0.4, 0.5) is 0 Å². The van der Waals surface area contributed by atoms with Crippen LogP contribution in [0.3, 0.4) is 0 Å². The number of fused-ring (bicyclic) bond motifs is 4. The summed E-state index contributed by atoms with van der Waals surface area (Å²) in [6, 6.07) is 10.4. The molecule has 2 aromatic heterocycles. The summed E-state index contributed by atoms with van der Waals surface area (Å²) in [6.07, 6.45) is 4.23. The van der Waals surface area contributed by atoms with Gasteiger partial charge in [-0.2, -0.15) is 0 Å². The van der Waals surface area contributed by atoms with Crippen molar-refractivity contribution in [1.82, 2.24) is 10.6 Å². The van der Waals surface area contributed by atoms with Crippen molar-refractivity contribution in [2.45, 2.75) is 71.3 Å². The molecule has 1 atom stereocenters. The first-order valence-electron chi connectivity index (χ1n) is 14.1. The summed E-state index contributed by atoms with van der Waals surface area (Å²) in [5.74, 6) is -0.853. The van der Waals surface area contributed by atoms with Gasteiger partial charge in [0, 0.05) is 47.7 Å². The number of rotatable bonds is 10. The van der Waals surface area contributed by atoms with Gasteiger partial charge in [0.25, 0.3) is 0 Å². The minimum atomic E-state index is -0.943. The lowest BCUT2D eigenvalue weighted by Gasteiger charge is -2.19. The predicted octanol–water partition coefficient (Wildman–Crippen LogP) is 4.29. The van der Waals surface area contributed by atoms with Crippen molar-refractivity contribution in [3.8, 4) is 0 Å². The van der Waals surface area contributed by atoms with Crippen LogP contribution < -0.4 is 16.3 Å². The Morgan fingerprint density at radius 2 is 1.71 bits per heavy atom. The Morgan fingerprint density at radius 3 is 2.46 bits per heavy atom. The Morgan fingerprint density at radius 1 is 0.976 bits per heavy atom. The van der Waals surface area contributed by atoms with Gasteiger partial charge in [0.1, 0.15) is 23.0 Å². The van der Waals surface area contributed by atoms with Gasteiger partial charge in [-0.1, -0.05) is 30.3 Å². The van der Waals surface area contributed by atoms with Crippen LogP contribution in [-0.2, 0) is 40.1 Å². The number of benzene rings is 2. The summed E-state index contributed by atoms with van der Waals surface area (Å²) in [5.41, 5.74) is 4.34. The van der Waals surface area contributed by atoms with Crippen LogP contribution in [0.15, 0.2) is 50.0 Å². The van der Waals surface area contributed by atoms with Crippen molar-refractivity contribution in [3.63, 3.8) is 0 Å². The molecular formula is C32H34N2O7. The first-order valence-corrected chi connectivity index (χ1v) is 14.1. The molecule has 3 N–H and O–H groups in total. The second-order valence-corrected chi connectivity index (χ2v) is 10.7. The molecule has 2 amide bonds. The Labute approximate surface area is 236 Å². The number of carboxylic acids is 1. The summed E-state index contributed by atoms with van der Waals surface area (Å²) in [7, 11) is 0. The molecule has 2 aromatic carbocycles. The second-order valence-electron chi connectivity index (χ2n) is 10.7. The molecule has 1 aliphatic carbocycles. The SMILES string of the molecule is Cc1c(CC(=O)NC(Cc2ccccc2)C(=O)NCCCC(=O)O)c(=O)oc2c(C)c3oc4c(c3cc12)CCCC4. The third-order valence-electron chi connectivity index (χ3n) is 7.86. The van der Waals surface area contributed by atoms with Crippen molar-refractivity contribution in [2.75, 3.05) is 6.54 Å². The molecule has 5 rings (SSSR count). The molecule has 0 saturated heterocycles. The molecule has 41 heavy (non-hydrogen) atoms. The fourth-order valence-corrected chi connectivity index (χ4v) is 5.66. The van der Waals surface area contributed by atoms with Crippen molar-refractivity contribution < 1.29 is 28.3 Å². The first kappa shape index (κ1) is 28.1. The Bertz CT molecular complexity index is 1680. The lowest BCUT2D eigenvalue weighted by molar-refractivity contribution is -0.137. The number of hydrogen-bond acceptors (Lipinski definition) is 6. The molecule has 9 heteroatoms. The summed E-state index contributed by atoms with van der Waals surface area (Å²) < 4.78 is 11.9. The van der Waals surface area contributed by atoms with E-state index < -0.39 is 29.5 Å². The van der Waals surface area contributed by atoms with Crippen LogP contribution >= 0.6 is 0 Å². The van der Waals surface area contributed by atoms with Gasteiger partial charge in [-0.05, 0) is 56.7 Å². The molecule has 9 nitrogen and oxygen atoms in total.